The first-order chi connectivity index (χ1) is 17.5. The number of nitrogens with zero attached hydrogens (tertiary/aromatic N) is 5. The molecule has 6 N–H and O–H groups in total. The Labute approximate surface area is 215 Å². The number of anilines is 1. The molecule has 2 aromatic rings. The zero-order valence-corrected chi connectivity index (χ0v) is 21.3. The van der Waals surface area contributed by atoms with E-state index in [2.05, 4.69) is 15.2 Å². The Morgan fingerprint density at radius 1 is 1.08 bits per heavy atom. The molecule has 2 fully saturated rings. The van der Waals surface area contributed by atoms with Crippen LogP contribution >= 0.6 is 0 Å². The summed E-state index contributed by atoms with van der Waals surface area (Å²) in [6.07, 6.45) is 1.81. The van der Waals surface area contributed by atoms with E-state index in [1.54, 1.807) is 35.9 Å². The van der Waals surface area contributed by atoms with E-state index in [1.165, 1.54) is 4.57 Å². The van der Waals surface area contributed by atoms with Gasteiger partial charge in [0.05, 0.1) is 17.3 Å². The summed E-state index contributed by atoms with van der Waals surface area (Å²) < 4.78 is 1.40. The number of amides is 3. The Kier molecular flexibility index (Phi) is 7.93. The highest BCUT2D eigenvalue weighted by Crippen LogP contribution is 2.16. The fraction of sp³-hybridized carbons (Fsp3) is 0.520. The third-order valence-electron chi connectivity index (χ3n) is 6.78. The number of rotatable bonds is 5. The number of carbonyl (C=O) groups is 2. The number of aliphatic hydroxyl groups excluding tert-OH is 1. The minimum Gasteiger partial charge on any atom is -0.390 e. The number of hydrogen-bond acceptors (Lipinski definition) is 8. The second kappa shape index (κ2) is 11.0. The predicted molar refractivity (Wildman–Crippen MR) is 139 cm³/mol. The molecule has 2 atom stereocenters. The number of carbonyl (C=O) groups excluding carboxylic acids is 2. The Balaban J connectivity index is 1.32. The molecule has 0 bridgehead atoms. The first-order valence-corrected chi connectivity index (χ1v) is 12.5. The van der Waals surface area contributed by atoms with Gasteiger partial charge in [-0.2, -0.15) is 4.98 Å². The van der Waals surface area contributed by atoms with Crippen LogP contribution in [0.2, 0.25) is 0 Å². The summed E-state index contributed by atoms with van der Waals surface area (Å²) >= 11 is 0. The molecule has 3 heterocycles. The van der Waals surface area contributed by atoms with Gasteiger partial charge < -0.3 is 26.4 Å². The Morgan fingerprint density at radius 3 is 2.32 bits per heavy atom. The molecular weight excluding hydrogens is 476 g/mol. The van der Waals surface area contributed by atoms with Crippen molar-refractivity contribution in [3.8, 4) is 5.69 Å². The minimum absolute atomic E-state index is 0.152. The lowest BCUT2D eigenvalue weighted by Gasteiger charge is -2.37. The van der Waals surface area contributed by atoms with Crippen LogP contribution in [0.1, 0.15) is 25.8 Å². The molecule has 2 aliphatic rings. The first-order valence-electron chi connectivity index (χ1n) is 12.5. The summed E-state index contributed by atoms with van der Waals surface area (Å²) in [6.45, 7) is 6.89. The summed E-state index contributed by atoms with van der Waals surface area (Å²) in [5, 5.41) is 12.7. The molecule has 2 aliphatic heterocycles. The van der Waals surface area contributed by atoms with Gasteiger partial charge in [0.2, 0.25) is 5.91 Å². The number of nitrogens with two attached hydrogens (primary N) is 2. The van der Waals surface area contributed by atoms with Gasteiger partial charge in [-0.3, -0.25) is 19.6 Å². The zero-order chi connectivity index (χ0) is 26.7. The van der Waals surface area contributed by atoms with Gasteiger partial charge in [-0.05, 0) is 44.0 Å². The van der Waals surface area contributed by atoms with Crippen LogP contribution in [0.5, 0.6) is 0 Å². The van der Waals surface area contributed by atoms with Gasteiger partial charge >= 0.3 is 11.7 Å². The summed E-state index contributed by atoms with van der Waals surface area (Å²) in [6, 6.07) is 8.58. The number of nitrogens with one attached hydrogen (secondary N) is 1. The van der Waals surface area contributed by atoms with Crippen molar-refractivity contribution in [2.75, 3.05) is 44.6 Å². The molecule has 37 heavy (non-hydrogen) atoms. The molecule has 3 amide bonds. The Morgan fingerprint density at radius 2 is 1.73 bits per heavy atom. The van der Waals surface area contributed by atoms with Crippen LogP contribution in [0.15, 0.2) is 41.3 Å². The molecule has 0 radical (unpaired) electrons. The minimum atomic E-state index is -0.954. The van der Waals surface area contributed by atoms with Crippen molar-refractivity contribution < 1.29 is 14.7 Å². The first kappa shape index (κ1) is 26.7. The van der Waals surface area contributed by atoms with Gasteiger partial charge in [-0.1, -0.05) is 12.1 Å². The van der Waals surface area contributed by atoms with E-state index in [0.29, 0.717) is 45.0 Å². The maximum atomic E-state index is 12.7. The normalized spacial score (nSPS) is 21.1. The molecule has 1 aromatic carbocycles. The second-order valence-electron chi connectivity index (χ2n) is 10.3. The molecule has 12 nitrogen and oxygen atoms in total. The SMILES string of the molecule is CC(C)(N)C(=O)N1CCN(C(=O)Nc2ccn(-c3ccc(CN4CC[C@@H](N)C(O)C4)cc3)c(=O)n2)CC1. The van der Waals surface area contributed by atoms with Crippen molar-refractivity contribution in [2.24, 2.45) is 11.5 Å². The number of piperazine rings is 1. The molecule has 0 spiro atoms. The third-order valence-corrected chi connectivity index (χ3v) is 6.78. The second-order valence-corrected chi connectivity index (χ2v) is 10.3. The third kappa shape index (κ3) is 6.52. The van der Waals surface area contributed by atoms with Crippen LogP contribution in [0.25, 0.3) is 5.69 Å². The maximum Gasteiger partial charge on any atom is 0.354 e. The molecule has 0 saturated carbocycles. The number of piperidine rings is 1. The highest BCUT2D eigenvalue weighted by atomic mass is 16.3. The number of urea groups is 1. The number of hydrogen-bond donors (Lipinski definition) is 4. The maximum absolute atomic E-state index is 12.7. The van der Waals surface area contributed by atoms with Gasteiger partial charge in [0.15, 0.2) is 0 Å². The summed E-state index contributed by atoms with van der Waals surface area (Å²) in [5.41, 5.74) is 12.0. The van der Waals surface area contributed by atoms with Crippen molar-refractivity contribution in [3.63, 3.8) is 0 Å². The number of aromatic nitrogens is 2. The van der Waals surface area contributed by atoms with E-state index in [1.807, 2.05) is 24.3 Å². The summed E-state index contributed by atoms with van der Waals surface area (Å²) in [4.78, 5) is 47.0. The highest BCUT2D eigenvalue weighted by molar-refractivity contribution is 5.89. The van der Waals surface area contributed by atoms with E-state index in [9.17, 15) is 19.5 Å². The largest absolute Gasteiger partial charge is 0.390 e. The van der Waals surface area contributed by atoms with Crippen molar-refractivity contribution >= 4 is 17.8 Å². The number of likely N-dealkylation sites (tertiary alicyclic amines) is 1. The smallest absolute Gasteiger partial charge is 0.354 e. The lowest BCUT2D eigenvalue weighted by atomic mass is 10.0. The lowest BCUT2D eigenvalue weighted by Crippen LogP contribution is -2.58. The summed E-state index contributed by atoms with van der Waals surface area (Å²) in [5.74, 6) is 0.00669. The Bertz CT molecular complexity index is 1170. The monoisotopic (exact) mass is 512 g/mol. The van der Waals surface area contributed by atoms with Crippen LogP contribution in [0.4, 0.5) is 10.6 Å². The van der Waals surface area contributed by atoms with E-state index < -0.39 is 17.3 Å². The molecule has 1 aromatic heterocycles. The fourth-order valence-electron chi connectivity index (χ4n) is 4.56. The van der Waals surface area contributed by atoms with Crippen LogP contribution in [0.3, 0.4) is 0 Å². The van der Waals surface area contributed by atoms with Crippen molar-refractivity contribution in [1.82, 2.24) is 24.3 Å². The van der Waals surface area contributed by atoms with Crippen molar-refractivity contribution in [1.29, 1.82) is 0 Å². The van der Waals surface area contributed by atoms with Crippen molar-refractivity contribution in [3.05, 3.63) is 52.6 Å². The van der Waals surface area contributed by atoms with Crippen LogP contribution < -0.4 is 22.5 Å². The average Bonchev–Trinajstić information content (AvgIpc) is 2.86. The lowest BCUT2D eigenvalue weighted by molar-refractivity contribution is -0.137. The van der Waals surface area contributed by atoms with Gasteiger partial charge in [0, 0.05) is 58.1 Å². The molecule has 4 rings (SSSR count). The fourth-order valence-corrected chi connectivity index (χ4v) is 4.56. The predicted octanol–water partition coefficient (Wildman–Crippen LogP) is -0.460. The van der Waals surface area contributed by atoms with Gasteiger partial charge in [-0.15, -0.1) is 0 Å². The zero-order valence-electron chi connectivity index (χ0n) is 21.3. The molecule has 0 aliphatic carbocycles. The number of β-amino-alcohol motifs (C(OH)–C–C–N with tert-alkyl or cyclic N) is 1. The van der Waals surface area contributed by atoms with Gasteiger partial charge in [0.1, 0.15) is 5.82 Å². The van der Waals surface area contributed by atoms with E-state index in [0.717, 1.165) is 18.5 Å². The quantitative estimate of drug-likeness (QED) is 0.418. The van der Waals surface area contributed by atoms with Gasteiger partial charge in [0.25, 0.3) is 0 Å². The summed E-state index contributed by atoms with van der Waals surface area (Å²) in [7, 11) is 0. The molecular formula is C25H36N8O4. The van der Waals surface area contributed by atoms with Crippen LogP contribution in [0, 0.1) is 0 Å². The molecule has 200 valence electrons. The standard InChI is InChI=1S/C25H36N8O4/c1-25(2,27)22(35)31-11-13-32(14-12-31)23(36)28-21-8-10-33(24(37)29-21)18-5-3-17(4-6-18)15-30-9-7-19(26)20(34)16-30/h3-6,8,10,19-20,34H,7,9,11-16,26-27H2,1-2H3,(H,28,29,36,37)/t19-,20?/m1/s1. The van der Waals surface area contributed by atoms with Gasteiger partial charge in [-0.25, -0.2) is 9.59 Å². The van der Waals surface area contributed by atoms with E-state index in [-0.39, 0.29) is 23.8 Å². The van der Waals surface area contributed by atoms with Crippen LogP contribution in [-0.4, -0.2) is 98.2 Å². The molecule has 1 unspecified atom stereocenters. The highest BCUT2D eigenvalue weighted by Gasteiger charge is 2.31. The average molecular weight is 513 g/mol. The van der Waals surface area contributed by atoms with Crippen LogP contribution in [-0.2, 0) is 11.3 Å². The molecule has 2 saturated heterocycles. The number of benzene rings is 1. The molecule has 12 heteroatoms. The van der Waals surface area contributed by atoms with E-state index in [4.69, 9.17) is 11.5 Å². The van der Waals surface area contributed by atoms with E-state index >= 15 is 0 Å². The van der Waals surface area contributed by atoms with Crippen molar-refractivity contribution in [2.45, 2.75) is 44.5 Å². The topological polar surface area (TPSA) is 163 Å². The number of aliphatic hydroxyl groups is 1. The Hall–Kier alpha value is -3.32.